The molecule has 0 atom stereocenters. The molecular formula is C20H20O. The molecule has 0 bridgehead atoms. The van der Waals surface area contributed by atoms with Crippen LogP contribution in [-0.2, 0) is 5.41 Å². The maximum Gasteiger partial charge on any atom is 0.173 e. The van der Waals surface area contributed by atoms with Crippen LogP contribution >= 0.6 is 0 Å². The van der Waals surface area contributed by atoms with Gasteiger partial charge < -0.3 is 0 Å². The average molecular weight is 276 g/mol. The van der Waals surface area contributed by atoms with Gasteiger partial charge in [-0.1, -0.05) is 72.8 Å². The third kappa shape index (κ3) is 3.03. The van der Waals surface area contributed by atoms with Crippen molar-refractivity contribution in [2.45, 2.75) is 18.3 Å². The fourth-order valence-corrected chi connectivity index (χ4v) is 2.75. The Kier molecular flexibility index (Phi) is 4.89. The Morgan fingerprint density at radius 2 is 1.33 bits per heavy atom. The summed E-state index contributed by atoms with van der Waals surface area (Å²) in [6.07, 6.45) is 4.82. The van der Waals surface area contributed by atoms with E-state index in [2.05, 4.69) is 13.2 Å². The summed E-state index contributed by atoms with van der Waals surface area (Å²) in [5, 5.41) is 0. The quantitative estimate of drug-likeness (QED) is 0.516. The molecule has 0 saturated carbocycles. The van der Waals surface area contributed by atoms with Gasteiger partial charge in [0.25, 0.3) is 0 Å². The lowest BCUT2D eigenvalue weighted by molar-refractivity contribution is 0.0884. The van der Waals surface area contributed by atoms with Gasteiger partial charge in [0.1, 0.15) is 0 Å². The molecule has 2 rings (SSSR count). The molecule has 1 nitrogen and oxygen atoms in total. The van der Waals surface area contributed by atoms with Crippen LogP contribution in [0.3, 0.4) is 0 Å². The van der Waals surface area contributed by atoms with Gasteiger partial charge in [0.2, 0.25) is 0 Å². The van der Waals surface area contributed by atoms with Crippen LogP contribution in [0.25, 0.3) is 0 Å². The minimum Gasteiger partial charge on any atom is -0.293 e. The smallest absolute Gasteiger partial charge is 0.173 e. The highest BCUT2D eigenvalue weighted by molar-refractivity contribution is 6.04. The van der Waals surface area contributed by atoms with E-state index in [-0.39, 0.29) is 5.78 Å². The number of carbonyl (C=O) groups is 1. The summed E-state index contributed by atoms with van der Waals surface area (Å²) >= 11 is 0. The number of ketones is 1. The van der Waals surface area contributed by atoms with Crippen LogP contribution in [0.15, 0.2) is 86.0 Å². The van der Waals surface area contributed by atoms with Gasteiger partial charge in [0.05, 0.1) is 5.41 Å². The molecular weight excluding hydrogens is 256 g/mol. The first-order valence-corrected chi connectivity index (χ1v) is 7.12. The van der Waals surface area contributed by atoms with E-state index in [1.165, 1.54) is 0 Å². The number of Topliss-reactive ketones (excluding diaryl/α,β-unsaturated/α-hetero) is 1. The minimum absolute atomic E-state index is 0.120. The number of carbonyl (C=O) groups excluding carboxylic acids is 1. The number of rotatable bonds is 7. The molecule has 1 heteroatoms. The Morgan fingerprint density at radius 3 is 1.81 bits per heavy atom. The van der Waals surface area contributed by atoms with Crippen molar-refractivity contribution < 1.29 is 4.79 Å². The molecule has 106 valence electrons. The van der Waals surface area contributed by atoms with Gasteiger partial charge in [-0.2, -0.15) is 0 Å². The zero-order valence-electron chi connectivity index (χ0n) is 12.2. The molecule has 2 aromatic carbocycles. The van der Waals surface area contributed by atoms with Crippen LogP contribution in [0, 0.1) is 0 Å². The van der Waals surface area contributed by atoms with E-state index in [1.807, 2.05) is 72.8 Å². The van der Waals surface area contributed by atoms with Crippen LogP contribution in [0.4, 0.5) is 0 Å². The second kappa shape index (κ2) is 6.85. The molecule has 21 heavy (non-hydrogen) atoms. The molecule has 0 unspecified atom stereocenters. The molecule has 0 saturated heterocycles. The van der Waals surface area contributed by atoms with Crippen molar-refractivity contribution in [3.63, 3.8) is 0 Å². The van der Waals surface area contributed by atoms with E-state index in [0.29, 0.717) is 12.8 Å². The Bertz CT molecular complexity index is 601. The van der Waals surface area contributed by atoms with Crippen molar-refractivity contribution >= 4 is 5.78 Å². The molecule has 0 aliphatic carbocycles. The van der Waals surface area contributed by atoms with Gasteiger partial charge in [0, 0.05) is 5.56 Å². The summed E-state index contributed by atoms with van der Waals surface area (Å²) in [6, 6.07) is 19.4. The highest BCUT2D eigenvalue weighted by Crippen LogP contribution is 2.36. The Morgan fingerprint density at radius 1 is 0.857 bits per heavy atom. The van der Waals surface area contributed by atoms with Crippen molar-refractivity contribution in [1.82, 2.24) is 0 Å². The first kappa shape index (κ1) is 15.0. The molecule has 0 aliphatic rings. The summed E-state index contributed by atoms with van der Waals surface area (Å²) in [5.41, 5.74) is 1.12. The Hall–Kier alpha value is -2.41. The first-order valence-electron chi connectivity index (χ1n) is 7.12. The summed E-state index contributed by atoms with van der Waals surface area (Å²) in [5.74, 6) is 0.120. The average Bonchev–Trinajstić information content (AvgIpc) is 2.55. The predicted molar refractivity (Wildman–Crippen MR) is 88.5 cm³/mol. The molecule has 0 amide bonds. The highest BCUT2D eigenvalue weighted by Gasteiger charge is 2.38. The van der Waals surface area contributed by atoms with Crippen LogP contribution in [0.1, 0.15) is 28.8 Å². The van der Waals surface area contributed by atoms with Gasteiger partial charge in [0.15, 0.2) is 5.78 Å². The molecule has 2 aromatic rings. The lowest BCUT2D eigenvalue weighted by Gasteiger charge is -2.31. The fourth-order valence-electron chi connectivity index (χ4n) is 2.75. The molecule has 0 fully saturated rings. The monoisotopic (exact) mass is 276 g/mol. The SMILES string of the molecule is C=CCC(CC=C)(C(=O)c1ccccc1)c1ccccc1. The predicted octanol–water partition coefficient (Wildman–Crippen LogP) is 4.96. The summed E-state index contributed by atoms with van der Waals surface area (Å²) in [7, 11) is 0. The standard InChI is InChI=1S/C20H20O/c1-3-15-20(16-4-2,18-13-9-6-10-14-18)19(21)17-11-7-5-8-12-17/h3-14H,1-2,15-16H2. The van der Waals surface area contributed by atoms with Crippen molar-refractivity contribution in [3.8, 4) is 0 Å². The van der Waals surface area contributed by atoms with Crippen LogP contribution in [-0.4, -0.2) is 5.78 Å². The number of hydrogen-bond acceptors (Lipinski definition) is 1. The minimum atomic E-state index is -0.619. The lowest BCUT2D eigenvalue weighted by atomic mass is 9.70. The second-order valence-corrected chi connectivity index (χ2v) is 5.13. The van der Waals surface area contributed by atoms with E-state index in [9.17, 15) is 4.79 Å². The van der Waals surface area contributed by atoms with Crippen molar-refractivity contribution in [2.75, 3.05) is 0 Å². The Labute approximate surface area is 126 Å². The largest absolute Gasteiger partial charge is 0.293 e. The molecule has 0 N–H and O–H groups in total. The Balaban J connectivity index is 2.56. The van der Waals surface area contributed by atoms with Gasteiger partial charge in [-0.15, -0.1) is 13.2 Å². The highest BCUT2D eigenvalue weighted by atomic mass is 16.1. The van der Waals surface area contributed by atoms with Gasteiger partial charge >= 0.3 is 0 Å². The van der Waals surface area contributed by atoms with Crippen molar-refractivity contribution in [3.05, 3.63) is 97.1 Å². The van der Waals surface area contributed by atoms with Gasteiger partial charge in [-0.3, -0.25) is 4.79 Å². The summed E-state index contributed by atoms with van der Waals surface area (Å²) < 4.78 is 0. The van der Waals surface area contributed by atoms with Gasteiger partial charge in [-0.05, 0) is 18.4 Å². The van der Waals surface area contributed by atoms with E-state index in [0.717, 1.165) is 11.1 Å². The molecule has 0 radical (unpaired) electrons. The van der Waals surface area contributed by atoms with E-state index < -0.39 is 5.41 Å². The second-order valence-electron chi connectivity index (χ2n) is 5.13. The van der Waals surface area contributed by atoms with E-state index in [1.54, 1.807) is 0 Å². The molecule has 0 aromatic heterocycles. The van der Waals surface area contributed by atoms with E-state index >= 15 is 0 Å². The van der Waals surface area contributed by atoms with Gasteiger partial charge in [-0.25, -0.2) is 0 Å². The number of hydrogen-bond donors (Lipinski definition) is 0. The van der Waals surface area contributed by atoms with E-state index in [4.69, 9.17) is 0 Å². The van der Waals surface area contributed by atoms with Crippen molar-refractivity contribution in [1.29, 1.82) is 0 Å². The summed E-state index contributed by atoms with van der Waals surface area (Å²) in [6.45, 7) is 7.69. The summed E-state index contributed by atoms with van der Waals surface area (Å²) in [4.78, 5) is 13.2. The molecule has 0 aliphatic heterocycles. The first-order chi connectivity index (χ1) is 10.2. The third-order valence-electron chi connectivity index (χ3n) is 3.78. The number of allylic oxidation sites excluding steroid dienone is 2. The maximum atomic E-state index is 13.2. The van der Waals surface area contributed by atoms with Crippen LogP contribution < -0.4 is 0 Å². The third-order valence-corrected chi connectivity index (χ3v) is 3.78. The normalized spacial score (nSPS) is 10.9. The number of benzene rings is 2. The fraction of sp³-hybridized carbons (Fsp3) is 0.150. The molecule has 0 heterocycles. The molecule has 0 spiro atoms. The van der Waals surface area contributed by atoms with Crippen LogP contribution in [0.5, 0.6) is 0 Å². The topological polar surface area (TPSA) is 17.1 Å². The van der Waals surface area contributed by atoms with Crippen molar-refractivity contribution in [2.24, 2.45) is 0 Å². The van der Waals surface area contributed by atoms with Crippen LogP contribution in [0.2, 0.25) is 0 Å². The maximum absolute atomic E-state index is 13.2. The zero-order valence-corrected chi connectivity index (χ0v) is 12.2. The lowest BCUT2D eigenvalue weighted by Crippen LogP contribution is -2.35. The zero-order chi connectivity index (χ0) is 15.1.